The van der Waals surface area contributed by atoms with E-state index in [1.165, 1.54) is 23.4 Å². The van der Waals surface area contributed by atoms with E-state index in [9.17, 15) is 0 Å². The first-order valence-corrected chi connectivity index (χ1v) is 6.37. The van der Waals surface area contributed by atoms with Crippen LogP contribution in [0.1, 0.15) is 37.2 Å². The number of hydrogen-bond donors (Lipinski definition) is 1. The van der Waals surface area contributed by atoms with Crippen LogP contribution in [0.3, 0.4) is 0 Å². The Morgan fingerprint density at radius 1 is 1.41 bits per heavy atom. The first-order valence-electron chi connectivity index (χ1n) is 6.37. The van der Waals surface area contributed by atoms with Gasteiger partial charge in [0.25, 0.3) is 0 Å². The number of halogens is 1. The zero-order valence-corrected chi connectivity index (χ0v) is 12.1. The topological polar surface area (TPSA) is 29.9 Å². The van der Waals surface area contributed by atoms with E-state index in [0.29, 0.717) is 0 Å². The van der Waals surface area contributed by atoms with Gasteiger partial charge in [0.15, 0.2) is 0 Å². The van der Waals surface area contributed by atoms with Crippen LogP contribution in [0.4, 0.5) is 0 Å². The summed E-state index contributed by atoms with van der Waals surface area (Å²) >= 11 is 0. The zero-order valence-electron chi connectivity index (χ0n) is 11.3. The molecule has 1 saturated carbocycles. The highest BCUT2D eigenvalue weighted by atomic mass is 35.5. The standard InChI is InChI=1S/C13H23N3.ClH/c1-5-16-11(4)13(10(3)15-16)8-14-7-12-6-9(12)2;/h9,12,14H,5-8H2,1-4H3;1H. The Labute approximate surface area is 110 Å². The Morgan fingerprint density at radius 2 is 2.06 bits per heavy atom. The Hall–Kier alpha value is -0.540. The summed E-state index contributed by atoms with van der Waals surface area (Å²) in [6.07, 6.45) is 1.40. The molecule has 98 valence electrons. The SMILES string of the molecule is CCn1nc(C)c(CNCC2CC2C)c1C.Cl. The second kappa shape index (κ2) is 5.87. The largest absolute Gasteiger partial charge is 0.312 e. The molecule has 2 atom stereocenters. The highest BCUT2D eigenvalue weighted by Gasteiger charge is 2.31. The van der Waals surface area contributed by atoms with Crippen LogP contribution in [0.2, 0.25) is 0 Å². The van der Waals surface area contributed by atoms with Gasteiger partial charge in [-0.1, -0.05) is 6.92 Å². The molecule has 1 aliphatic rings. The quantitative estimate of drug-likeness (QED) is 0.879. The van der Waals surface area contributed by atoms with Gasteiger partial charge in [-0.05, 0) is 45.6 Å². The van der Waals surface area contributed by atoms with E-state index in [-0.39, 0.29) is 12.4 Å². The molecule has 0 bridgehead atoms. The van der Waals surface area contributed by atoms with Crippen LogP contribution in [0.25, 0.3) is 0 Å². The lowest BCUT2D eigenvalue weighted by Gasteiger charge is -2.05. The number of hydrogen-bond acceptors (Lipinski definition) is 2. The first-order chi connectivity index (χ1) is 7.63. The summed E-state index contributed by atoms with van der Waals surface area (Å²) in [5.74, 6) is 1.86. The highest BCUT2D eigenvalue weighted by molar-refractivity contribution is 5.85. The third-order valence-electron chi connectivity index (χ3n) is 3.82. The molecule has 0 aliphatic heterocycles. The fourth-order valence-corrected chi connectivity index (χ4v) is 2.36. The van der Waals surface area contributed by atoms with Crippen LogP contribution in [0, 0.1) is 25.7 Å². The lowest BCUT2D eigenvalue weighted by atomic mass is 10.2. The number of nitrogens with one attached hydrogen (secondary N) is 1. The van der Waals surface area contributed by atoms with Crippen LogP contribution < -0.4 is 5.32 Å². The number of aryl methyl sites for hydroxylation is 2. The molecule has 17 heavy (non-hydrogen) atoms. The molecule has 0 amide bonds. The average molecular weight is 258 g/mol. The van der Waals surface area contributed by atoms with Gasteiger partial charge in [-0.3, -0.25) is 4.68 Å². The molecule has 2 rings (SSSR count). The predicted molar refractivity (Wildman–Crippen MR) is 73.6 cm³/mol. The van der Waals surface area contributed by atoms with Crippen molar-refractivity contribution in [3.05, 3.63) is 17.0 Å². The number of nitrogens with zero attached hydrogens (tertiary/aromatic N) is 2. The van der Waals surface area contributed by atoms with Gasteiger partial charge in [-0.15, -0.1) is 12.4 Å². The van der Waals surface area contributed by atoms with Crippen molar-refractivity contribution in [1.82, 2.24) is 15.1 Å². The van der Waals surface area contributed by atoms with Crippen LogP contribution in [0.15, 0.2) is 0 Å². The molecule has 1 fully saturated rings. The van der Waals surface area contributed by atoms with Crippen molar-refractivity contribution < 1.29 is 0 Å². The molecule has 1 aromatic heterocycles. The summed E-state index contributed by atoms with van der Waals surface area (Å²) in [4.78, 5) is 0. The van der Waals surface area contributed by atoms with Crippen LogP contribution in [-0.2, 0) is 13.1 Å². The Morgan fingerprint density at radius 3 is 2.53 bits per heavy atom. The maximum atomic E-state index is 4.53. The van der Waals surface area contributed by atoms with Crippen LogP contribution in [-0.4, -0.2) is 16.3 Å². The van der Waals surface area contributed by atoms with Gasteiger partial charge in [0, 0.05) is 24.3 Å². The number of rotatable bonds is 5. The van der Waals surface area contributed by atoms with Crippen molar-refractivity contribution in [1.29, 1.82) is 0 Å². The van der Waals surface area contributed by atoms with Gasteiger partial charge in [-0.2, -0.15) is 5.10 Å². The molecule has 0 radical (unpaired) electrons. The predicted octanol–water partition coefficient (Wildman–Crippen LogP) is 2.69. The Balaban J connectivity index is 0.00000144. The van der Waals surface area contributed by atoms with Crippen molar-refractivity contribution in [3.8, 4) is 0 Å². The fourth-order valence-electron chi connectivity index (χ4n) is 2.36. The van der Waals surface area contributed by atoms with Crippen molar-refractivity contribution in [3.63, 3.8) is 0 Å². The van der Waals surface area contributed by atoms with Gasteiger partial charge < -0.3 is 5.32 Å². The molecular formula is C13H24ClN3. The molecule has 1 aromatic rings. The molecule has 1 aliphatic carbocycles. The highest BCUT2D eigenvalue weighted by Crippen LogP contribution is 2.36. The summed E-state index contributed by atoms with van der Waals surface area (Å²) in [5.41, 5.74) is 3.88. The van der Waals surface area contributed by atoms with E-state index in [1.807, 2.05) is 0 Å². The third-order valence-corrected chi connectivity index (χ3v) is 3.82. The van der Waals surface area contributed by atoms with Crippen molar-refractivity contribution in [2.24, 2.45) is 11.8 Å². The van der Waals surface area contributed by atoms with Gasteiger partial charge in [0.1, 0.15) is 0 Å². The molecule has 0 aromatic carbocycles. The summed E-state index contributed by atoms with van der Waals surface area (Å²) in [5, 5.41) is 8.09. The van der Waals surface area contributed by atoms with Gasteiger partial charge in [0.2, 0.25) is 0 Å². The first kappa shape index (κ1) is 14.5. The number of aromatic nitrogens is 2. The molecule has 2 unspecified atom stereocenters. The van der Waals surface area contributed by atoms with E-state index in [4.69, 9.17) is 0 Å². The molecule has 1 heterocycles. The maximum absolute atomic E-state index is 4.53. The monoisotopic (exact) mass is 257 g/mol. The Bertz CT molecular complexity index is 373. The minimum atomic E-state index is 0. The molecular weight excluding hydrogens is 234 g/mol. The average Bonchev–Trinajstić information content (AvgIpc) is 2.88. The lowest BCUT2D eigenvalue weighted by molar-refractivity contribution is 0.605. The van der Waals surface area contributed by atoms with E-state index in [1.54, 1.807) is 0 Å². The van der Waals surface area contributed by atoms with Crippen LogP contribution >= 0.6 is 12.4 Å². The van der Waals surface area contributed by atoms with Crippen molar-refractivity contribution in [2.75, 3.05) is 6.54 Å². The fraction of sp³-hybridized carbons (Fsp3) is 0.769. The molecule has 1 N–H and O–H groups in total. The van der Waals surface area contributed by atoms with E-state index in [0.717, 1.165) is 31.5 Å². The van der Waals surface area contributed by atoms with Gasteiger partial charge in [0.05, 0.1) is 5.69 Å². The minimum Gasteiger partial charge on any atom is -0.312 e. The molecule has 0 saturated heterocycles. The molecule has 3 nitrogen and oxygen atoms in total. The van der Waals surface area contributed by atoms with E-state index in [2.05, 4.69) is 42.8 Å². The van der Waals surface area contributed by atoms with Gasteiger partial charge in [-0.25, -0.2) is 0 Å². The van der Waals surface area contributed by atoms with Crippen molar-refractivity contribution in [2.45, 2.75) is 47.2 Å². The minimum absolute atomic E-state index is 0. The third kappa shape index (κ3) is 3.23. The molecule has 0 spiro atoms. The molecule has 4 heteroatoms. The summed E-state index contributed by atoms with van der Waals surface area (Å²) in [6, 6.07) is 0. The Kier molecular flexibility index (Phi) is 5.02. The lowest BCUT2D eigenvalue weighted by Crippen LogP contribution is -2.17. The second-order valence-corrected chi connectivity index (χ2v) is 5.07. The smallest absolute Gasteiger partial charge is 0.0641 e. The van der Waals surface area contributed by atoms with Gasteiger partial charge >= 0.3 is 0 Å². The normalized spacial score (nSPS) is 22.4. The zero-order chi connectivity index (χ0) is 11.7. The van der Waals surface area contributed by atoms with Crippen molar-refractivity contribution >= 4 is 12.4 Å². The summed E-state index contributed by atoms with van der Waals surface area (Å²) < 4.78 is 2.09. The summed E-state index contributed by atoms with van der Waals surface area (Å²) in [7, 11) is 0. The summed E-state index contributed by atoms with van der Waals surface area (Å²) in [6.45, 7) is 11.8. The van der Waals surface area contributed by atoms with Crippen LogP contribution in [0.5, 0.6) is 0 Å². The second-order valence-electron chi connectivity index (χ2n) is 5.07. The van der Waals surface area contributed by atoms with E-state index >= 15 is 0 Å². The maximum Gasteiger partial charge on any atom is 0.0641 e. The van der Waals surface area contributed by atoms with E-state index < -0.39 is 0 Å².